The number of ether oxygens (including phenoxy) is 2. The molecule has 1 atom stereocenters. The van der Waals surface area contributed by atoms with Crippen LogP contribution in [0.5, 0.6) is 5.75 Å². The number of rotatable bonds is 6. The molecule has 1 aromatic rings. The van der Waals surface area contributed by atoms with Gasteiger partial charge in [-0.2, -0.15) is 0 Å². The van der Waals surface area contributed by atoms with Gasteiger partial charge in [-0.05, 0) is 51.0 Å². The smallest absolute Gasteiger partial charge is 0.119 e. The number of halogens is 1. The number of hydrogen-bond donors (Lipinski definition) is 1. The van der Waals surface area contributed by atoms with E-state index in [1.165, 1.54) is 0 Å². The van der Waals surface area contributed by atoms with Gasteiger partial charge in [0.1, 0.15) is 5.75 Å². The fourth-order valence-corrected chi connectivity index (χ4v) is 2.20. The maximum atomic E-state index is 6.24. The topological polar surface area (TPSA) is 44.5 Å². The Labute approximate surface area is 118 Å². The van der Waals surface area contributed by atoms with Crippen molar-refractivity contribution in [1.29, 1.82) is 0 Å². The van der Waals surface area contributed by atoms with Crippen LogP contribution in [0.4, 0.5) is 0 Å². The fraction of sp³-hybridized carbons (Fsp3) is 0.571. The molecule has 0 aromatic heterocycles. The number of nitrogens with two attached hydrogens (primary N) is 1. The summed E-state index contributed by atoms with van der Waals surface area (Å²) in [7, 11) is 1.66. The fourth-order valence-electron chi connectivity index (χ4n) is 1.80. The standard InChI is InChI=1S/C14H22BrNO2/c1-5-18-14(2,3)13(16)9-10-8-11(17-4)6-7-12(10)15/h6-8,13H,5,9,16H2,1-4H3. The van der Waals surface area contributed by atoms with Crippen LogP contribution in [0.2, 0.25) is 0 Å². The van der Waals surface area contributed by atoms with Crippen molar-refractivity contribution in [2.45, 2.75) is 38.8 Å². The van der Waals surface area contributed by atoms with Crippen LogP contribution in [0, 0.1) is 0 Å². The minimum Gasteiger partial charge on any atom is -0.497 e. The zero-order chi connectivity index (χ0) is 13.8. The molecule has 0 aliphatic rings. The van der Waals surface area contributed by atoms with E-state index in [2.05, 4.69) is 15.9 Å². The average molecular weight is 316 g/mol. The molecule has 0 aliphatic heterocycles. The van der Waals surface area contributed by atoms with Crippen LogP contribution in [-0.4, -0.2) is 25.4 Å². The van der Waals surface area contributed by atoms with Crippen LogP contribution in [0.25, 0.3) is 0 Å². The monoisotopic (exact) mass is 315 g/mol. The van der Waals surface area contributed by atoms with Crippen molar-refractivity contribution in [3.63, 3.8) is 0 Å². The lowest BCUT2D eigenvalue weighted by molar-refractivity contribution is -0.0288. The van der Waals surface area contributed by atoms with E-state index in [9.17, 15) is 0 Å². The van der Waals surface area contributed by atoms with Crippen molar-refractivity contribution in [3.05, 3.63) is 28.2 Å². The lowest BCUT2D eigenvalue weighted by Crippen LogP contribution is -2.46. The molecule has 2 N–H and O–H groups in total. The van der Waals surface area contributed by atoms with Gasteiger partial charge in [0.05, 0.1) is 12.7 Å². The van der Waals surface area contributed by atoms with Gasteiger partial charge in [-0.1, -0.05) is 15.9 Å². The lowest BCUT2D eigenvalue weighted by Gasteiger charge is -2.31. The van der Waals surface area contributed by atoms with Crippen LogP contribution in [0.15, 0.2) is 22.7 Å². The van der Waals surface area contributed by atoms with Crippen molar-refractivity contribution in [2.24, 2.45) is 5.73 Å². The maximum Gasteiger partial charge on any atom is 0.119 e. The third-order valence-electron chi connectivity index (χ3n) is 3.10. The van der Waals surface area contributed by atoms with E-state index in [-0.39, 0.29) is 11.6 Å². The maximum absolute atomic E-state index is 6.24. The number of methoxy groups -OCH3 is 1. The first-order valence-electron chi connectivity index (χ1n) is 6.12. The molecule has 18 heavy (non-hydrogen) atoms. The Morgan fingerprint density at radius 1 is 1.39 bits per heavy atom. The predicted molar refractivity (Wildman–Crippen MR) is 78.1 cm³/mol. The molecule has 0 bridgehead atoms. The van der Waals surface area contributed by atoms with E-state index < -0.39 is 0 Å². The van der Waals surface area contributed by atoms with Crippen LogP contribution in [0.3, 0.4) is 0 Å². The molecule has 102 valence electrons. The predicted octanol–water partition coefficient (Wildman–Crippen LogP) is 3.14. The van der Waals surface area contributed by atoms with Gasteiger partial charge >= 0.3 is 0 Å². The first kappa shape index (κ1) is 15.5. The van der Waals surface area contributed by atoms with Gasteiger partial charge in [-0.15, -0.1) is 0 Å². The van der Waals surface area contributed by atoms with Crippen LogP contribution < -0.4 is 10.5 Å². The Kier molecular flexibility index (Phi) is 5.63. The number of benzene rings is 1. The Hall–Kier alpha value is -0.580. The summed E-state index contributed by atoms with van der Waals surface area (Å²) in [6.07, 6.45) is 0.741. The summed E-state index contributed by atoms with van der Waals surface area (Å²) < 4.78 is 12.0. The molecule has 0 heterocycles. The summed E-state index contributed by atoms with van der Waals surface area (Å²) in [6.45, 7) is 6.69. The molecule has 0 spiro atoms. The third kappa shape index (κ3) is 3.97. The first-order valence-corrected chi connectivity index (χ1v) is 6.92. The van der Waals surface area contributed by atoms with Gasteiger partial charge in [0, 0.05) is 17.1 Å². The molecule has 0 radical (unpaired) electrons. The van der Waals surface area contributed by atoms with Crippen molar-refractivity contribution in [2.75, 3.05) is 13.7 Å². The van der Waals surface area contributed by atoms with E-state index >= 15 is 0 Å². The molecule has 0 saturated heterocycles. The van der Waals surface area contributed by atoms with E-state index in [4.69, 9.17) is 15.2 Å². The quantitative estimate of drug-likeness (QED) is 0.877. The summed E-state index contributed by atoms with van der Waals surface area (Å²) in [4.78, 5) is 0. The largest absolute Gasteiger partial charge is 0.497 e. The molecule has 4 heteroatoms. The van der Waals surface area contributed by atoms with E-state index in [1.54, 1.807) is 7.11 Å². The summed E-state index contributed by atoms with van der Waals surface area (Å²) in [5.41, 5.74) is 7.04. The molecule has 1 aromatic carbocycles. The van der Waals surface area contributed by atoms with Gasteiger partial charge < -0.3 is 15.2 Å². The van der Waals surface area contributed by atoms with Crippen LogP contribution in [0.1, 0.15) is 26.3 Å². The van der Waals surface area contributed by atoms with E-state index in [0.29, 0.717) is 6.61 Å². The normalized spacial score (nSPS) is 13.4. The minimum atomic E-state index is -0.336. The van der Waals surface area contributed by atoms with Crippen molar-refractivity contribution < 1.29 is 9.47 Å². The Morgan fingerprint density at radius 3 is 2.61 bits per heavy atom. The van der Waals surface area contributed by atoms with Gasteiger partial charge in [0.15, 0.2) is 0 Å². The zero-order valence-electron chi connectivity index (χ0n) is 11.5. The first-order chi connectivity index (χ1) is 8.40. The molecular formula is C14H22BrNO2. The molecule has 0 amide bonds. The van der Waals surface area contributed by atoms with Crippen molar-refractivity contribution in [3.8, 4) is 5.75 Å². The Bertz CT molecular complexity index is 393. The highest BCUT2D eigenvalue weighted by Gasteiger charge is 2.27. The number of hydrogen-bond acceptors (Lipinski definition) is 3. The highest BCUT2D eigenvalue weighted by atomic mass is 79.9. The van der Waals surface area contributed by atoms with Gasteiger partial charge in [-0.25, -0.2) is 0 Å². The zero-order valence-corrected chi connectivity index (χ0v) is 13.1. The van der Waals surface area contributed by atoms with Crippen molar-refractivity contribution in [1.82, 2.24) is 0 Å². The molecule has 1 rings (SSSR count). The van der Waals surface area contributed by atoms with Crippen molar-refractivity contribution >= 4 is 15.9 Å². The summed E-state index contributed by atoms with van der Waals surface area (Å²) in [5, 5.41) is 0. The summed E-state index contributed by atoms with van der Waals surface area (Å²) in [5.74, 6) is 0.842. The minimum absolute atomic E-state index is 0.0687. The molecule has 0 fully saturated rings. The summed E-state index contributed by atoms with van der Waals surface area (Å²) >= 11 is 3.54. The molecule has 0 saturated carbocycles. The SMILES string of the molecule is CCOC(C)(C)C(N)Cc1cc(OC)ccc1Br. The van der Waals surface area contributed by atoms with E-state index in [1.807, 2.05) is 39.0 Å². The Morgan fingerprint density at radius 2 is 2.06 bits per heavy atom. The van der Waals surface area contributed by atoms with Gasteiger partial charge in [-0.3, -0.25) is 0 Å². The second-order valence-corrected chi connectivity index (χ2v) is 5.66. The molecule has 3 nitrogen and oxygen atoms in total. The highest BCUT2D eigenvalue weighted by molar-refractivity contribution is 9.10. The second-order valence-electron chi connectivity index (χ2n) is 4.80. The molecule has 0 aliphatic carbocycles. The average Bonchev–Trinajstić information content (AvgIpc) is 2.31. The second kappa shape index (κ2) is 6.55. The summed E-state index contributed by atoms with van der Waals surface area (Å²) in [6, 6.07) is 5.84. The van der Waals surface area contributed by atoms with Gasteiger partial charge in [0.25, 0.3) is 0 Å². The molecule has 1 unspecified atom stereocenters. The van der Waals surface area contributed by atoms with Crippen LogP contribution >= 0.6 is 15.9 Å². The third-order valence-corrected chi connectivity index (χ3v) is 3.88. The van der Waals surface area contributed by atoms with Crippen LogP contribution in [-0.2, 0) is 11.2 Å². The van der Waals surface area contributed by atoms with Gasteiger partial charge in [0.2, 0.25) is 0 Å². The highest BCUT2D eigenvalue weighted by Crippen LogP contribution is 2.26. The van der Waals surface area contributed by atoms with E-state index in [0.717, 1.165) is 22.2 Å². The lowest BCUT2D eigenvalue weighted by atomic mass is 9.93. The molecular weight excluding hydrogens is 294 g/mol. The Balaban J connectivity index is 2.83.